The number of hydrogen-bond donors (Lipinski definition) is 0. The van der Waals surface area contributed by atoms with Gasteiger partial charge in [0.2, 0.25) is 0 Å². The molecule has 0 radical (unpaired) electrons. The molecule has 0 saturated carbocycles. The van der Waals surface area contributed by atoms with E-state index in [0.29, 0.717) is 0 Å². The molecule has 1 aromatic heterocycles. The van der Waals surface area contributed by atoms with Crippen LogP contribution in [0.25, 0.3) is 60.2 Å². The van der Waals surface area contributed by atoms with E-state index in [1.807, 2.05) is 0 Å². The zero-order valence-corrected chi connectivity index (χ0v) is 25.4. The van der Waals surface area contributed by atoms with E-state index in [4.69, 9.17) is 4.74 Å². The molecule has 11 rings (SSSR count). The molecule has 0 fully saturated rings. The average molecular weight is 598 g/mol. The van der Waals surface area contributed by atoms with Crippen LogP contribution in [-0.4, -0.2) is 4.57 Å². The number of aromatic nitrogens is 1. The van der Waals surface area contributed by atoms with Crippen molar-refractivity contribution in [3.63, 3.8) is 0 Å². The summed E-state index contributed by atoms with van der Waals surface area (Å²) in [6, 6.07) is 59.8. The standard InChI is InChI=1S/C45H27NO/c1-3-15-30-28(12-1)14-11-22-38(30)46-39-26-24-29-13-2-4-16-31(29)42(39)43-40(46)27-25-37-44(43)47-41-23-10-9-21-36(41)45(37)34-19-7-5-17-32(34)33-18-6-8-20-35(33)45/h1-27H. The predicted molar refractivity (Wildman–Crippen MR) is 193 cm³/mol. The minimum Gasteiger partial charge on any atom is -0.456 e. The lowest BCUT2D eigenvalue weighted by Gasteiger charge is -2.39. The Kier molecular flexibility index (Phi) is 4.80. The second-order valence-electron chi connectivity index (χ2n) is 12.8. The molecule has 8 aromatic carbocycles. The van der Waals surface area contributed by atoms with E-state index in [2.05, 4.69) is 168 Å². The van der Waals surface area contributed by atoms with Gasteiger partial charge in [-0.1, -0.05) is 140 Å². The van der Waals surface area contributed by atoms with Gasteiger partial charge in [-0.25, -0.2) is 0 Å². The zero-order valence-electron chi connectivity index (χ0n) is 25.4. The lowest BCUT2D eigenvalue weighted by atomic mass is 9.66. The molecule has 47 heavy (non-hydrogen) atoms. The molecule has 0 unspecified atom stereocenters. The Bertz CT molecular complexity index is 2730. The van der Waals surface area contributed by atoms with Crippen LogP contribution >= 0.6 is 0 Å². The normalized spacial score (nSPS) is 13.9. The van der Waals surface area contributed by atoms with Crippen molar-refractivity contribution in [3.8, 4) is 28.3 Å². The van der Waals surface area contributed by atoms with Crippen LogP contribution in [0.15, 0.2) is 164 Å². The van der Waals surface area contributed by atoms with Crippen molar-refractivity contribution in [2.75, 3.05) is 0 Å². The number of para-hydroxylation sites is 1. The van der Waals surface area contributed by atoms with E-state index < -0.39 is 5.41 Å². The topological polar surface area (TPSA) is 14.2 Å². The first-order valence-corrected chi connectivity index (χ1v) is 16.3. The average Bonchev–Trinajstić information content (AvgIpc) is 3.63. The summed E-state index contributed by atoms with van der Waals surface area (Å²) in [5, 5.41) is 7.27. The van der Waals surface area contributed by atoms with Crippen molar-refractivity contribution >= 4 is 43.4 Å². The van der Waals surface area contributed by atoms with Gasteiger partial charge in [-0.2, -0.15) is 0 Å². The monoisotopic (exact) mass is 597 g/mol. The molecule has 1 aliphatic carbocycles. The molecule has 1 aliphatic heterocycles. The number of ether oxygens (including phenoxy) is 1. The molecular weight excluding hydrogens is 571 g/mol. The fourth-order valence-electron chi connectivity index (χ4n) is 8.84. The minimum absolute atomic E-state index is 0.510. The Morgan fingerprint density at radius 1 is 0.404 bits per heavy atom. The van der Waals surface area contributed by atoms with Gasteiger partial charge in [0.1, 0.15) is 11.5 Å². The Morgan fingerprint density at radius 3 is 1.77 bits per heavy atom. The highest BCUT2D eigenvalue weighted by atomic mass is 16.5. The molecule has 1 spiro atoms. The summed E-state index contributed by atoms with van der Waals surface area (Å²) in [6.07, 6.45) is 0. The molecule has 0 amide bonds. The van der Waals surface area contributed by atoms with Crippen LogP contribution in [0, 0.1) is 0 Å². The molecule has 0 atom stereocenters. The van der Waals surface area contributed by atoms with Gasteiger partial charge in [-0.15, -0.1) is 0 Å². The van der Waals surface area contributed by atoms with Crippen LogP contribution in [0.5, 0.6) is 11.5 Å². The molecule has 0 bridgehead atoms. The summed E-state index contributed by atoms with van der Waals surface area (Å²) >= 11 is 0. The predicted octanol–water partition coefficient (Wildman–Crippen LogP) is 11.6. The van der Waals surface area contributed by atoms with E-state index in [0.717, 1.165) is 22.4 Å². The van der Waals surface area contributed by atoms with Gasteiger partial charge < -0.3 is 9.30 Å². The summed E-state index contributed by atoms with van der Waals surface area (Å²) in [7, 11) is 0. The number of nitrogens with zero attached hydrogens (tertiary/aromatic N) is 1. The van der Waals surface area contributed by atoms with Crippen molar-refractivity contribution in [1.82, 2.24) is 4.57 Å². The van der Waals surface area contributed by atoms with Crippen LogP contribution < -0.4 is 4.74 Å². The van der Waals surface area contributed by atoms with Crippen molar-refractivity contribution in [3.05, 3.63) is 186 Å². The number of rotatable bonds is 1. The fraction of sp³-hybridized carbons (Fsp3) is 0.0222. The van der Waals surface area contributed by atoms with Crippen molar-refractivity contribution < 1.29 is 4.74 Å². The number of benzene rings is 8. The molecule has 0 saturated heterocycles. The van der Waals surface area contributed by atoms with Crippen molar-refractivity contribution in [1.29, 1.82) is 0 Å². The molecule has 218 valence electrons. The van der Waals surface area contributed by atoms with Gasteiger partial charge in [0.05, 0.1) is 27.5 Å². The summed E-state index contributed by atoms with van der Waals surface area (Å²) < 4.78 is 9.64. The maximum Gasteiger partial charge on any atom is 0.142 e. The van der Waals surface area contributed by atoms with E-state index in [-0.39, 0.29) is 0 Å². The van der Waals surface area contributed by atoms with Gasteiger partial charge in [0.25, 0.3) is 0 Å². The van der Waals surface area contributed by atoms with Crippen molar-refractivity contribution in [2.45, 2.75) is 5.41 Å². The number of fused-ring (bicyclic) bond motifs is 16. The molecule has 0 N–H and O–H groups in total. The number of hydrogen-bond acceptors (Lipinski definition) is 1. The summed E-state index contributed by atoms with van der Waals surface area (Å²) in [4.78, 5) is 0. The minimum atomic E-state index is -0.510. The Hall–Kier alpha value is -6.12. The Labute approximate surface area is 271 Å². The maximum absolute atomic E-state index is 7.19. The SMILES string of the molecule is c1ccc2c(c1)Oc1c(ccc3c1c1c4ccccc4ccc1n3-c1cccc3ccccc13)C21c2ccccc2-c2ccccc21. The quantitative estimate of drug-likeness (QED) is 0.184. The summed E-state index contributed by atoms with van der Waals surface area (Å²) in [5.74, 6) is 1.85. The highest BCUT2D eigenvalue weighted by Crippen LogP contribution is 2.63. The van der Waals surface area contributed by atoms with Crippen LogP contribution in [0.4, 0.5) is 0 Å². The van der Waals surface area contributed by atoms with E-state index in [1.165, 1.54) is 71.5 Å². The van der Waals surface area contributed by atoms with Gasteiger partial charge in [0.15, 0.2) is 0 Å². The molecule has 9 aromatic rings. The third-order valence-corrected chi connectivity index (χ3v) is 10.6. The van der Waals surface area contributed by atoms with Gasteiger partial charge >= 0.3 is 0 Å². The molecule has 2 heterocycles. The summed E-state index contributed by atoms with van der Waals surface area (Å²) in [5.41, 5.74) is 10.5. The highest BCUT2D eigenvalue weighted by molar-refractivity contribution is 6.24. The van der Waals surface area contributed by atoms with Crippen LogP contribution in [-0.2, 0) is 5.41 Å². The Morgan fingerprint density at radius 2 is 0.979 bits per heavy atom. The Balaban J connectivity index is 1.37. The molecule has 2 nitrogen and oxygen atoms in total. The second kappa shape index (κ2) is 8.99. The van der Waals surface area contributed by atoms with Crippen molar-refractivity contribution in [2.24, 2.45) is 0 Å². The largest absolute Gasteiger partial charge is 0.456 e. The fourth-order valence-corrected chi connectivity index (χ4v) is 8.84. The van der Waals surface area contributed by atoms with E-state index in [9.17, 15) is 0 Å². The van der Waals surface area contributed by atoms with Gasteiger partial charge in [-0.3, -0.25) is 0 Å². The zero-order chi connectivity index (χ0) is 30.7. The smallest absolute Gasteiger partial charge is 0.142 e. The third-order valence-electron chi connectivity index (χ3n) is 10.6. The lowest BCUT2D eigenvalue weighted by molar-refractivity contribution is 0.442. The first-order valence-electron chi connectivity index (χ1n) is 16.3. The molecule has 2 aliphatic rings. The van der Waals surface area contributed by atoms with E-state index in [1.54, 1.807) is 0 Å². The first-order chi connectivity index (χ1) is 23.3. The molecule has 2 heteroatoms. The second-order valence-corrected chi connectivity index (χ2v) is 12.8. The third kappa shape index (κ3) is 3.05. The van der Waals surface area contributed by atoms with Crippen LogP contribution in [0.1, 0.15) is 22.3 Å². The lowest BCUT2D eigenvalue weighted by Crippen LogP contribution is -2.32. The van der Waals surface area contributed by atoms with Crippen LogP contribution in [0.2, 0.25) is 0 Å². The highest BCUT2D eigenvalue weighted by Gasteiger charge is 2.51. The maximum atomic E-state index is 7.19. The first kappa shape index (κ1) is 25.1. The van der Waals surface area contributed by atoms with Gasteiger partial charge in [-0.05, 0) is 62.7 Å². The van der Waals surface area contributed by atoms with Crippen LogP contribution in [0.3, 0.4) is 0 Å². The summed E-state index contributed by atoms with van der Waals surface area (Å²) in [6.45, 7) is 0. The van der Waals surface area contributed by atoms with E-state index >= 15 is 0 Å². The molecular formula is C45H27NO. The van der Waals surface area contributed by atoms with Gasteiger partial charge in [0, 0.05) is 21.9 Å².